The fourth-order valence-electron chi connectivity index (χ4n) is 1.85. The first-order valence-electron chi connectivity index (χ1n) is 7.18. The third-order valence-corrected chi connectivity index (χ3v) is 3.87. The second kappa shape index (κ2) is 12.5. The van der Waals surface area contributed by atoms with E-state index in [2.05, 4.69) is 11.9 Å². The van der Waals surface area contributed by atoms with E-state index in [1.54, 1.807) is 12.7 Å². The molecule has 0 aliphatic carbocycles. The van der Waals surface area contributed by atoms with Gasteiger partial charge < -0.3 is 19.1 Å². The number of aliphatic hydroxyl groups excluding tert-OH is 1. The molecule has 5 nitrogen and oxygen atoms in total. The second-order valence-electron chi connectivity index (χ2n) is 4.53. The summed E-state index contributed by atoms with van der Waals surface area (Å²) in [4.78, 5) is 11.8. The summed E-state index contributed by atoms with van der Waals surface area (Å²) in [7, 11) is 7.23. The Bertz CT molecular complexity index is 332. The van der Waals surface area contributed by atoms with Gasteiger partial charge in [-0.2, -0.15) is 0 Å². The van der Waals surface area contributed by atoms with Crippen LogP contribution in [0.25, 0.3) is 0 Å². The Balaban J connectivity index is 4.56. The van der Waals surface area contributed by atoms with E-state index >= 15 is 0 Å². The standard InChI is InChI=1S/C12H23B2NO4PS/c1-4-5-10(12(17)15-2)11(16)8-9(19-21-14)6-7-18-20(3)13/h4,9-11,14,16H,1,5-8H2,2-3H3,(H,15,17)/t9-,10?,11-,20?/m1/s1/i14T. The molecule has 0 aromatic carbocycles. The summed E-state index contributed by atoms with van der Waals surface area (Å²) in [6, 6.07) is 0. The highest BCUT2D eigenvalue weighted by Crippen LogP contribution is 2.26. The molecule has 0 aromatic rings. The highest BCUT2D eigenvalue weighted by molar-refractivity contribution is 8.15. The van der Waals surface area contributed by atoms with E-state index < -0.39 is 20.0 Å². The van der Waals surface area contributed by atoms with E-state index in [0.29, 0.717) is 19.4 Å². The van der Waals surface area contributed by atoms with E-state index in [1.165, 1.54) is 7.05 Å². The molecule has 0 aromatic heterocycles. The van der Waals surface area contributed by atoms with Crippen molar-refractivity contribution in [3.8, 4) is 0 Å². The van der Waals surface area contributed by atoms with E-state index in [0.717, 1.165) is 19.0 Å². The predicted molar refractivity (Wildman–Crippen MR) is 91.8 cm³/mol. The number of amides is 1. The van der Waals surface area contributed by atoms with Crippen LogP contribution < -0.4 is 5.32 Å². The summed E-state index contributed by atoms with van der Waals surface area (Å²) < 4.78 is 17.8. The Morgan fingerprint density at radius 1 is 1.76 bits per heavy atom. The Morgan fingerprint density at radius 2 is 2.48 bits per heavy atom. The lowest BCUT2D eigenvalue weighted by Crippen LogP contribution is -2.37. The SMILES string of the molecule is [3H][B]SO[C@H](CCOP([B])C)C[C@@H](O)C(CC=C)C(=O)NC. The molecular weight excluding hydrogens is 307 g/mol. The van der Waals surface area contributed by atoms with Crippen LogP contribution in [0.2, 0.25) is 0 Å². The first kappa shape index (κ1) is 19.0. The lowest BCUT2D eigenvalue weighted by atomic mass is 9.92. The molecule has 0 rings (SSSR count). The van der Waals surface area contributed by atoms with Gasteiger partial charge in [-0.25, -0.2) is 0 Å². The van der Waals surface area contributed by atoms with Crippen LogP contribution in [0.1, 0.15) is 19.3 Å². The number of aliphatic hydroxyl groups is 1. The molecule has 117 valence electrons. The van der Waals surface area contributed by atoms with Crippen LogP contribution in [0, 0.1) is 5.92 Å². The molecule has 0 aliphatic heterocycles. The van der Waals surface area contributed by atoms with E-state index in [9.17, 15) is 9.90 Å². The van der Waals surface area contributed by atoms with Gasteiger partial charge in [0.15, 0.2) is 0 Å². The largest absolute Gasteiger partial charge is 0.392 e. The lowest BCUT2D eigenvalue weighted by Gasteiger charge is -2.25. The van der Waals surface area contributed by atoms with Gasteiger partial charge >= 0.3 is 0 Å². The molecule has 0 fully saturated rings. The fraction of sp³-hybridized carbons (Fsp3) is 0.750. The average molecular weight is 332 g/mol. The summed E-state index contributed by atoms with van der Waals surface area (Å²) in [5, 5.41) is 12.8. The van der Waals surface area contributed by atoms with Crippen LogP contribution in [0.4, 0.5) is 0 Å². The highest BCUT2D eigenvalue weighted by Gasteiger charge is 2.27. The Kier molecular flexibility index (Phi) is 11.4. The summed E-state index contributed by atoms with van der Waals surface area (Å²) in [6.45, 7) is 5.80. The van der Waals surface area contributed by atoms with Crippen molar-refractivity contribution < 1.29 is 18.6 Å². The topological polar surface area (TPSA) is 67.8 Å². The number of rotatable bonds is 13. The van der Waals surface area contributed by atoms with Gasteiger partial charge in [0.25, 0.3) is 0 Å². The van der Waals surface area contributed by atoms with Gasteiger partial charge in [-0.3, -0.25) is 4.79 Å². The average Bonchev–Trinajstić information content (AvgIpc) is 2.48. The van der Waals surface area contributed by atoms with E-state index in [1.807, 2.05) is 0 Å². The van der Waals surface area contributed by atoms with Crippen molar-refractivity contribution in [2.45, 2.75) is 31.5 Å². The molecule has 9 heteroatoms. The summed E-state index contributed by atoms with van der Waals surface area (Å²) in [5.41, 5.74) is 0. The molecule has 2 N–H and O–H groups in total. The van der Waals surface area contributed by atoms with Crippen molar-refractivity contribution in [3.63, 3.8) is 0 Å². The zero-order chi connectivity index (χ0) is 17.0. The Hall–Kier alpha value is -0.000130. The predicted octanol–water partition coefficient (Wildman–Crippen LogP) is 1.04. The van der Waals surface area contributed by atoms with Gasteiger partial charge in [0.2, 0.25) is 13.0 Å². The van der Waals surface area contributed by atoms with Crippen LogP contribution in [0.5, 0.6) is 0 Å². The zero-order valence-electron chi connectivity index (χ0n) is 13.5. The maximum absolute atomic E-state index is 11.8. The van der Waals surface area contributed by atoms with Crippen molar-refractivity contribution in [1.29, 1.82) is 1.34 Å². The molecular formula is C12H23B2NO4PS. The van der Waals surface area contributed by atoms with Crippen LogP contribution in [0.15, 0.2) is 12.7 Å². The van der Waals surface area contributed by atoms with Crippen LogP contribution in [0.3, 0.4) is 0 Å². The van der Waals surface area contributed by atoms with Gasteiger partial charge in [-0.1, -0.05) is 18.0 Å². The summed E-state index contributed by atoms with van der Waals surface area (Å²) in [5.74, 6) is -0.807. The van der Waals surface area contributed by atoms with E-state index in [-0.39, 0.29) is 18.4 Å². The minimum Gasteiger partial charge on any atom is -0.392 e. The monoisotopic (exact) mass is 332 g/mol. The first-order valence-corrected chi connectivity index (χ1v) is 9.18. The van der Waals surface area contributed by atoms with Crippen molar-refractivity contribution in [3.05, 3.63) is 12.7 Å². The van der Waals surface area contributed by atoms with Gasteiger partial charge in [0.1, 0.15) is 7.57 Å². The van der Waals surface area contributed by atoms with Gasteiger partial charge in [0, 0.05) is 13.5 Å². The van der Waals surface area contributed by atoms with E-state index in [4.69, 9.17) is 17.6 Å². The van der Waals surface area contributed by atoms with Crippen molar-refractivity contribution in [1.82, 2.24) is 5.32 Å². The zero-order valence-corrected chi connectivity index (χ0v) is 14.2. The fourth-order valence-corrected chi connectivity index (χ4v) is 2.57. The number of carbonyl (C=O) groups excluding carboxylic acids is 1. The smallest absolute Gasteiger partial charge is 0.225 e. The number of allylic oxidation sites excluding steroid dienone is 1. The Morgan fingerprint density at radius 3 is 3.00 bits per heavy atom. The molecule has 21 heavy (non-hydrogen) atoms. The third-order valence-electron chi connectivity index (χ3n) is 2.90. The molecule has 0 heterocycles. The number of hydrogen-bond donors (Lipinski definition) is 2. The van der Waals surface area contributed by atoms with Gasteiger partial charge in [-0.15, -0.1) is 6.58 Å². The van der Waals surface area contributed by atoms with Crippen molar-refractivity contribution >= 4 is 40.5 Å². The summed E-state index contributed by atoms with van der Waals surface area (Å²) in [6.07, 6.45) is 1.57. The molecule has 0 bridgehead atoms. The molecule has 0 spiro atoms. The van der Waals surface area contributed by atoms with Crippen LogP contribution in [-0.2, 0) is 13.5 Å². The number of carbonyl (C=O) groups is 1. The second-order valence-corrected chi connectivity index (χ2v) is 6.27. The van der Waals surface area contributed by atoms with Crippen molar-refractivity contribution in [2.75, 3.05) is 20.3 Å². The van der Waals surface area contributed by atoms with Gasteiger partial charge in [-0.05, 0) is 28.9 Å². The lowest BCUT2D eigenvalue weighted by molar-refractivity contribution is -0.128. The number of hydrogen-bond acceptors (Lipinski definition) is 5. The van der Waals surface area contributed by atoms with Crippen LogP contribution >= 0.6 is 19.9 Å². The molecule has 0 saturated heterocycles. The molecule has 2 unspecified atom stereocenters. The molecule has 0 saturated carbocycles. The number of nitrogens with one attached hydrogen (secondary N) is 1. The van der Waals surface area contributed by atoms with Crippen LogP contribution in [-0.4, -0.2) is 59.5 Å². The minimum absolute atomic E-state index is 0.235. The molecule has 0 aliphatic rings. The minimum atomic E-state index is -0.943. The van der Waals surface area contributed by atoms with Crippen molar-refractivity contribution in [2.24, 2.45) is 5.92 Å². The molecule has 3 radical (unpaired) electrons. The highest BCUT2D eigenvalue weighted by atomic mass is 32.2. The normalized spacial score (nSPS) is 17.2. The Labute approximate surface area is 136 Å². The maximum Gasteiger partial charge on any atom is 0.225 e. The molecule has 1 amide bonds. The van der Waals surface area contributed by atoms with Gasteiger partial charge in [0.05, 0.1) is 24.7 Å². The first-order chi connectivity index (χ1) is 10.5. The summed E-state index contributed by atoms with van der Waals surface area (Å²) >= 11 is 0.885. The quantitative estimate of drug-likeness (QED) is 0.228. The maximum atomic E-state index is 11.8. The molecule has 4 atom stereocenters. The third kappa shape index (κ3) is 9.59.